The topological polar surface area (TPSA) is 131 Å². The normalized spacial score (nSPS) is 10.6. The van der Waals surface area contributed by atoms with Crippen LogP contribution in [0.4, 0.5) is 9.59 Å². The Balaban J connectivity index is 1.27. The van der Waals surface area contributed by atoms with Crippen LogP contribution in [0.15, 0.2) is 45.6 Å². The third kappa shape index (κ3) is 12.3. The minimum absolute atomic E-state index is 0.141. The zero-order valence-corrected chi connectivity index (χ0v) is 17.2. The number of hydrogen-bond donors (Lipinski definition) is 2. The number of ether oxygens (including phenoxy) is 5. The predicted molar refractivity (Wildman–Crippen MR) is 106 cm³/mol. The SMILES string of the molecule is O=C(NCc1ccco1)OCCOCCOCCOCCOC(=O)NCc1ccco1. The maximum absolute atomic E-state index is 11.4. The molecule has 2 rings (SSSR count). The van der Waals surface area contributed by atoms with Crippen molar-refractivity contribution in [2.24, 2.45) is 0 Å². The van der Waals surface area contributed by atoms with Crippen molar-refractivity contribution >= 4 is 12.2 Å². The van der Waals surface area contributed by atoms with Crippen LogP contribution in [0.25, 0.3) is 0 Å². The predicted octanol–water partition coefficient (Wildman–Crippen LogP) is 2.08. The summed E-state index contributed by atoms with van der Waals surface area (Å²) in [4.78, 5) is 22.9. The Morgan fingerprint density at radius 1 is 0.645 bits per heavy atom. The van der Waals surface area contributed by atoms with Crippen LogP contribution in [0.1, 0.15) is 11.5 Å². The largest absolute Gasteiger partial charge is 0.467 e. The van der Waals surface area contributed by atoms with Crippen LogP contribution in [-0.4, -0.2) is 65.0 Å². The monoisotopic (exact) mass is 440 g/mol. The maximum atomic E-state index is 11.4. The highest BCUT2D eigenvalue weighted by Crippen LogP contribution is 1.99. The minimum atomic E-state index is -0.535. The molecule has 2 aromatic rings. The summed E-state index contributed by atoms with van der Waals surface area (Å²) < 4.78 is 36.0. The molecule has 0 saturated carbocycles. The molecule has 0 aliphatic heterocycles. The fourth-order valence-corrected chi connectivity index (χ4v) is 2.18. The first kappa shape index (κ1) is 24.3. The van der Waals surface area contributed by atoms with Crippen LogP contribution < -0.4 is 10.6 Å². The van der Waals surface area contributed by atoms with Crippen LogP contribution in [0.3, 0.4) is 0 Å². The van der Waals surface area contributed by atoms with Gasteiger partial charge < -0.3 is 43.2 Å². The van der Waals surface area contributed by atoms with Crippen molar-refractivity contribution < 1.29 is 42.1 Å². The van der Waals surface area contributed by atoms with Crippen LogP contribution >= 0.6 is 0 Å². The second-order valence-corrected chi connectivity index (χ2v) is 5.97. The van der Waals surface area contributed by atoms with Gasteiger partial charge in [-0.25, -0.2) is 9.59 Å². The van der Waals surface area contributed by atoms with Crippen molar-refractivity contribution in [3.63, 3.8) is 0 Å². The summed E-state index contributed by atoms with van der Waals surface area (Å²) in [6, 6.07) is 6.99. The van der Waals surface area contributed by atoms with E-state index in [2.05, 4.69) is 10.6 Å². The molecule has 31 heavy (non-hydrogen) atoms. The first-order valence-electron chi connectivity index (χ1n) is 9.83. The Bertz CT molecular complexity index is 644. The number of carbonyl (C=O) groups excluding carboxylic acids is 2. The summed E-state index contributed by atoms with van der Waals surface area (Å²) in [5, 5.41) is 5.12. The number of hydrogen-bond acceptors (Lipinski definition) is 9. The molecule has 0 fully saturated rings. The Kier molecular flexibility index (Phi) is 12.3. The van der Waals surface area contributed by atoms with Gasteiger partial charge in [0.25, 0.3) is 0 Å². The lowest BCUT2D eigenvalue weighted by Gasteiger charge is -2.08. The number of alkyl carbamates (subject to hydrolysis) is 2. The van der Waals surface area contributed by atoms with Gasteiger partial charge in [-0.15, -0.1) is 0 Å². The summed E-state index contributed by atoms with van der Waals surface area (Å²) in [5.74, 6) is 1.29. The molecule has 0 aromatic carbocycles. The Hall–Kier alpha value is -3.02. The number of rotatable bonds is 16. The lowest BCUT2D eigenvalue weighted by molar-refractivity contribution is -0.000713. The molecule has 172 valence electrons. The van der Waals surface area contributed by atoms with Gasteiger partial charge in [-0.1, -0.05) is 0 Å². The van der Waals surface area contributed by atoms with Crippen LogP contribution in [-0.2, 0) is 36.8 Å². The van der Waals surface area contributed by atoms with Gasteiger partial charge in [-0.3, -0.25) is 0 Å². The van der Waals surface area contributed by atoms with Crippen molar-refractivity contribution in [2.45, 2.75) is 13.1 Å². The molecule has 0 bridgehead atoms. The van der Waals surface area contributed by atoms with Crippen LogP contribution in [0.2, 0.25) is 0 Å². The second kappa shape index (κ2) is 15.8. The van der Waals surface area contributed by atoms with E-state index in [1.165, 1.54) is 12.5 Å². The van der Waals surface area contributed by atoms with E-state index in [4.69, 9.17) is 32.5 Å². The fraction of sp³-hybridized carbons (Fsp3) is 0.500. The molecule has 0 radical (unpaired) electrons. The smallest absolute Gasteiger partial charge is 0.407 e. The highest BCUT2D eigenvalue weighted by Gasteiger charge is 2.04. The van der Waals surface area contributed by atoms with Crippen LogP contribution in [0.5, 0.6) is 0 Å². The molecule has 0 spiro atoms. The average Bonchev–Trinajstić information content (AvgIpc) is 3.48. The zero-order chi connectivity index (χ0) is 22.0. The zero-order valence-electron chi connectivity index (χ0n) is 17.2. The molecule has 0 atom stereocenters. The first-order valence-corrected chi connectivity index (χ1v) is 9.83. The molecule has 0 aliphatic rings. The van der Waals surface area contributed by atoms with E-state index in [0.29, 0.717) is 37.9 Å². The Morgan fingerprint density at radius 3 is 1.39 bits per heavy atom. The average molecular weight is 440 g/mol. The van der Waals surface area contributed by atoms with E-state index in [9.17, 15) is 9.59 Å². The number of furan rings is 2. The first-order chi connectivity index (χ1) is 15.2. The highest BCUT2D eigenvalue weighted by atomic mass is 16.6. The fourth-order valence-electron chi connectivity index (χ4n) is 2.18. The van der Waals surface area contributed by atoms with Crippen LogP contribution in [0, 0.1) is 0 Å². The number of carbonyl (C=O) groups is 2. The molecule has 0 saturated heterocycles. The summed E-state index contributed by atoms with van der Waals surface area (Å²) >= 11 is 0. The molecule has 11 heteroatoms. The molecule has 11 nitrogen and oxygen atoms in total. The quantitative estimate of drug-likeness (QED) is 0.377. The van der Waals surface area contributed by atoms with Crippen molar-refractivity contribution in [3.05, 3.63) is 48.3 Å². The van der Waals surface area contributed by atoms with Gasteiger partial charge in [-0.2, -0.15) is 0 Å². The molecule has 2 amide bonds. The van der Waals surface area contributed by atoms with Crippen molar-refractivity contribution in [2.75, 3.05) is 52.9 Å². The third-order valence-electron chi connectivity index (χ3n) is 3.64. The Morgan fingerprint density at radius 2 is 1.03 bits per heavy atom. The highest BCUT2D eigenvalue weighted by molar-refractivity contribution is 5.67. The third-order valence-corrected chi connectivity index (χ3v) is 3.64. The van der Waals surface area contributed by atoms with Gasteiger partial charge in [-0.05, 0) is 24.3 Å². The van der Waals surface area contributed by atoms with E-state index in [1.54, 1.807) is 24.3 Å². The summed E-state index contributed by atoms with van der Waals surface area (Å²) in [7, 11) is 0. The minimum Gasteiger partial charge on any atom is -0.467 e. The van der Waals surface area contributed by atoms with Crippen molar-refractivity contribution in [3.8, 4) is 0 Å². The van der Waals surface area contributed by atoms with E-state index in [0.717, 1.165) is 0 Å². The summed E-state index contributed by atoms with van der Waals surface area (Å²) in [6.45, 7) is 2.89. The maximum Gasteiger partial charge on any atom is 0.407 e. The van der Waals surface area contributed by atoms with Gasteiger partial charge in [0.15, 0.2) is 0 Å². The molecule has 2 heterocycles. The number of amides is 2. The molecule has 0 aliphatic carbocycles. The Labute approximate surface area is 179 Å². The molecular weight excluding hydrogens is 412 g/mol. The van der Waals surface area contributed by atoms with E-state index in [-0.39, 0.29) is 39.5 Å². The molecule has 2 N–H and O–H groups in total. The standard InChI is InChI=1S/C20H28N2O9/c23-19(21-15-17-3-1-5-28-17)30-13-11-26-9-7-25-8-10-27-12-14-31-20(24)22-16-18-4-2-6-29-18/h1-6H,7-16H2,(H,21,23)(H,22,24). The van der Waals surface area contributed by atoms with Gasteiger partial charge in [0, 0.05) is 0 Å². The van der Waals surface area contributed by atoms with E-state index < -0.39 is 12.2 Å². The van der Waals surface area contributed by atoms with Gasteiger partial charge >= 0.3 is 12.2 Å². The van der Waals surface area contributed by atoms with Gasteiger partial charge in [0.1, 0.15) is 24.7 Å². The molecule has 2 aromatic heterocycles. The van der Waals surface area contributed by atoms with E-state index >= 15 is 0 Å². The van der Waals surface area contributed by atoms with Crippen molar-refractivity contribution in [1.29, 1.82) is 0 Å². The van der Waals surface area contributed by atoms with Gasteiger partial charge in [0.2, 0.25) is 0 Å². The summed E-state index contributed by atoms with van der Waals surface area (Å²) in [6.07, 6.45) is 2.00. The lowest BCUT2D eigenvalue weighted by Crippen LogP contribution is -2.25. The lowest BCUT2D eigenvalue weighted by atomic mass is 10.4. The summed E-state index contributed by atoms with van der Waals surface area (Å²) in [5.41, 5.74) is 0. The van der Waals surface area contributed by atoms with E-state index in [1.807, 2.05) is 0 Å². The molecule has 0 unspecified atom stereocenters. The number of nitrogens with one attached hydrogen (secondary N) is 2. The molecular formula is C20H28N2O9. The second-order valence-electron chi connectivity index (χ2n) is 5.97. The van der Waals surface area contributed by atoms with Crippen molar-refractivity contribution in [1.82, 2.24) is 10.6 Å². The van der Waals surface area contributed by atoms with Gasteiger partial charge in [0.05, 0.1) is 65.3 Å².